The molecule has 1 N–H and O–H groups in total. The van der Waals surface area contributed by atoms with E-state index in [0.717, 1.165) is 28.6 Å². The molecule has 0 saturated carbocycles. The highest BCUT2D eigenvalue weighted by Gasteiger charge is 2.16. The molecule has 1 heterocycles. The molecule has 17 heavy (non-hydrogen) atoms. The normalized spacial score (nSPS) is 11.7. The fourth-order valence-corrected chi connectivity index (χ4v) is 2.11. The first kappa shape index (κ1) is 11.7. The van der Waals surface area contributed by atoms with Crippen LogP contribution in [-0.4, -0.2) is 4.98 Å². The average molecular weight is 226 g/mol. The summed E-state index contributed by atoms with van der Waals surface area (Å²) in [7, 11) is 0. The number of nitrogens with zero attached hydrogens (tertiary/aromatic N) is 1. The molecule has 0 unspecified atom stereocenters. The van der Waals surface area contributed by atoms with Crippen LogP contribution in [-0.2, 0) is 11.8 Å². The Kier molecular flexibility index (Phi) is 2.71. The van der Waals surface area contributed by atoms with E-state index in [2.05, 4.69) is 56.9 Å². The Balaban J connectivity index is 2.69. The summed E-state index contributed by atoms with van der Waals surface area (Å²) in [4.78, 5) is 3.35. The van der Waals surface area contributed by atoms with Crippen LogP contribution in [0.25, 0.3) is 10.9 Å². The Morgan fingerprint density at radius 2 is 2.00 bits per heavy atom. The fourth-order valence-electron chi connectivity index (χ4n) is 2.11. The molecule has 0 aliphatic carbocycles. The maximum absolute atomic E-state index is 9.20. The predicted octanol–water partition coefficient (Wildman–Crippen LogP) is 3.90. The number of fused-ring (bicyclic) bond motifs is 1. The van der Waals surface area contributed by atoms with Crippen LogP contribution >= 0.6 is 0 Å². The summed E-state index contributed by atoms with van der Waals surface area (Å²) in [6, 6.07) is 8.64. The zero-order chi connectivity index (χ0) is 12.6. The van der Waals surface area contributed by atoms with E-state index in [1.165, 1.54) is 5.56 Å². The SMILES string of the molecule is CCc1[nH]c2cc(C(C)(C)C)ccc2c1C#N. The summed E-state index contributed by atoms with van der Waals surface area (Å²) >= 11 is 0. The Bertz CT molecular complexity index is 592. The maximum atomic E-state index is 9.20. The summed E-state index contributed by atoms with van der Waals surface area (Å²) in [5.74, 6) is 0. The molecule has 0 saturated heterocycles. The number of hydrogen-bond acceptors (Lipinski definition) is 1. The second-order valence-electron chi connectivity index (χ2n) is 5.45. The third-order valence-electron chi connectivity index (χ3n) is 3.21. The fraction of sp³-hybridized carbons (Fsp3) is 0.400. The molecule has 2 rings (SSSR count). The van der Waals surface area contributed by atoms with Crippen LogP contribution in [0, 0.1) is 11.3 Å². The number of H-pyrrole nitrogens is 1. The third-order valence-corrected chi connectivity index (χ3v) is 3.21. The largest absolute Gasteiger partial charge is 0.357 e. The molecule has 2 heteroatoms. The Morgan fingerprint density at radius 1 is 1.29 bits per heavy atom. The molecule has 0 radical (unpaired) electrons. The van der Waals surface area contributed by atoms with E-state index in [-0.39, 0.29) is 5.41 Å². The topological polar surface area (TPSA) is 39.6 Å². The summed E-state index contributed by atoms with van der Waals surface area (Å²) in [5, 5.41) is 10.2. The first-order valence-corrected chi connectivity index (χ1v) is 6.02. The number of rotatable bonds is 1. The van der Waals surface area contributed by atoms with Crippen molar-refractivity contribution in [2.24, 2.45) is 0 Å². The van der Waals surface area contributed by atoms with E-state index in [0.29, 0.717) is 0 Å². The summed E-state index contributed by atoms with van der Waals surface area (Å²) in [6.45, 7) is 8.66. The number of aromatic nitrogens is 1. The van der Waals surface area contributed by atoms with Gasteiger partial charge in [0.2, 0.25) is 0 Å². The monoisotopic (exact) mass is 226 g/mol. The summed E-state index contributed by atoms with van der Waals surface area (Å²) < 4.78 is 0. The lowest BCUT2D eigenvalue weighted by Gasteiger charge is -2.18. The molecule has 1 aromatic carbocycles. The molecule has 1 aromatic heterocycles. The van der Waals surface area contributed by atoms with Gasteiger partial charge in [0.05, 0.1) is 5.56 Å². The van der Waals surface area contributed by atoms with E-state index < -0.39 is 0 Å². The average Bonchev–Trinajstić information content (AvgIpc) is 2.64. The molecular weight excluding hydrogens is 208 g/mol. The lowest BCUT2D eigenvalue weighted by Crippen LogP contribution is -2.10. The molecule has 2 nitrogen and oxygen atoms in total. The van der Waals surface area contributed by atoms with E-state index in [1.54, 1.807) is 0 Å². The highest BCUT2D eigenvalue weighted by molar-refractivity contribution is 5.88. The van der Waals surface area contributed by atoms with Gasteiger partial charge in [-0.2, -0.15) is 5.26 Å². The molecular formula is C15H18N2. The first-order valence-electron chi connectivity index (χ1n) is 6.02. The van der Waals surface area contributed by atoms with Crippen molar-refractivity contribution in [1.29, 1.82) is 5.26 Å². The molecule has 2 aromatic rings. The number of benzene rings is 1. The minimum atomic E-state index is 0.137. The number of nitriles is 1. The second kappa shape index (κ2) is 3.92. The smallest absolute Gasteiger partial charge is 0.102 e. The van der Waals surface area contributed by atoms with Gasteiger partial charge in [-0.05, 0) is 23.5 Å². The second-order valence-corrected chi connectivity index (χ2v) is 5.45. The van der Waals surface area contributed by atoms with Crippen LogP contribution in [0.4, 0.5) is 0 Å². The van der Waals surface area contributed by atoms with Crippen molar-refractivity contribution in [3.63, 3.8) is 0 Å². The number of aryl methyl sites for hydroxylation is 1. The highest BCUT2D eigenvalue weighted by Crippen LogP contribution is 2.28. The summed E-state index contributed by atoms with van der Waals surface area (Å²) in [6.07, 6.45) is 0.864. The van der Waals surface area contributed by atoms with E-state index in [4.69, 9.17) is 0 Å². The van der Waals surface area contributed by atoms with Crippen LogP contribution < -0.4 is 0 Å². The zero-order valence-corrected chi connectivity index (χ0v) is 10.9. The number of aromatic amines is 1. The quantitative estimate of drug-likeness (QED) is 0.787. The lowest BCUT2D eigenvalue weighted by atomic mass is 9.86. The maximum Gasteiger partial charge on any atom is 0.102 e. The Hall–Kier alpha value is -1.75. The van der Waals surface area contributed by atoms with E-state index in [1.807, 2.05) is 0 Å². The van der Waals surface area contributed by atoms with Crippen LogP contribution in [0.15, 0.2) is 18.2 Å². The highest BCUT2D eigenvalue weighted by atomic mass is 14.7. The summed E-state index contributed by atoms with van der Waals surface area (Å²) in [5.41, 5.74) is 4.33. The van der Waals surface area contributed by atoms with Crippen LogP contribution in [0.2, 0.25) is 0 Å². The van der Waals surface area contributed by atoms with Crippen LogP contribution in [0.5, 0.6) is 0 Å². The minimum absolute atomic E-state index is 0.137. The van der Waals surface area contributed by atoms with Gasteiger partial charge in [-0.3, -0.25) is 0 Å². The Labute approximate surface area is 102 Å². The van der Waals surface area contributed by atoms with Gasteiger partial charge in [0.1, 0.15) is 6.07 Å². The molecule has 0 spiro atoms. The van der Waals surface area contributed by atoms with Gasteiger partial charge in [-0.25, -0.2) is 0 Å². The first-order chi connectivity index (χ1) is 7.97. The van der Waals surface area contributed by atoms with Crippen molar-refractivity contribution in [2.45, 2.75) is 39.5 Å². The zero-order valence-electron chi connectivity index (χ0n) is 10.9. The van der Waals surface area contributed by atoms with Crippen molar-refractivity contribution in [3.8, 4) is 6.07 Å². The van der Waals surface area contributed by atoms with Gasteiger partial charge in [-0.15, -0.1) is 0 Å². The molecule has 0 amide bonds. The van der Waals surface area contributed by atoms with Crippen molar-refractivity contribution in [1.82, 2.24) is 4.98 Å². The Morgan fingerprint density at radius 3 is 2.53 bits per heavy atom. The van der Waals surface area contributed by atoms with Crippen molar-refractivity contribution in [3.05, 3.63) is 35.0 Å². The van der Waals surface area contributed by atoms with Gasteiger partial charge in [0.25, 0.3) is 0 Å². The van der Waals surface area contributed by atoms with Gasteiger partial charge >= 0.3 is 0 Å². The van der Waals surface area contributed by atoms with Gasteiger partial charge in [0, 0.05) is 16.6 Å². The number of nitrogens with one attached hydrogen (secondary N) is 1. The molecule has 0 atom stereocenters. The standard InChI is InChI=1S/C15H18N2/c1-5-13-12(9-16)11-7-6-10(15(2,3)4)8-14(11)17-13/h6-8,17H,5H2,1-4H3. The molecule has 88 valence electrons. The molecule has 0 aliphatic heterocycles. The van der Waals surface area contributed by atoms with Crippen molar-refractivity contribution < 1.29 is 0 Å². The van der Waals surface area contributed by atoms with Crippen molar-refractivity contribution in [2.75, 3.05) is 0 Å². The van der Waals surface area contributed by atoms with Gasteiger partial charge < -0.3 is 4.98 Å². The van der Waals surface area contributed by atoms with E-state index in [9.17, 15) is 5.26 Å². The van der Waals surface area contributed by atoms with Gasteiger partial charge in [-0.1, -0.05) is 39.8 Å². The predicted molar refractivity (Wildman–Crippen MR) is 71.1 cm³/mol. The van der Waals surface area contributed by atoms with Crippen LogP contribution in [0.3, 0.4) is 0 Å². The van der Waals surface area contributed by atoms with Crippen LogP contribution in [0.1, 0.15) is 44.5 Å². The molecule has 0 aliphatic rings. The van der Waals surface area contributed by atoms with Crippen molar-refractivity contribution >= 4 is 10.9 Å². The van der Waals surface area contributed by atoms with E-state index >= 15 is 0 Å². The third kappa shape index (κ3) is 1.93. The minimum Gasteiger partial charge on any atom is -0.357 e. The van der Waals surface area contributed by atoms with Gasteiger partial charge in [0.15, 0.2) is 0 Å². The number of hydrogen-bond donors (Lipinski definition) is 1. The molecule has 0 bridgehead atoms. The molecule has 0 fully saturated rings. The lowest BCUT2D eigenvalue weighted by molar-refractivity contribution is 0.591.